The van der Waals surface area contributed by atoms with Crippen LogP contribution in [-0.2, 0) is 19.1 Å². The highest BCUT2D eigenvalue weighted by atomic mass is 35.5. The van der Waals surface area contributed by atoms with Crippen molar-refractivity contribution in [3.63, 3.8) is 0 Å². The Morgan fingerprint density at radius 3 is 1.35 bits per heavy atom. The van der Waals surface area contributed by atoms with Gasteiger partial charge in [-0.15, -0.1) is 23.2 Å². The Hall–Kier alpha value is -3.09. The third-order valence-electron chi connectivity index (χ3n) is 12.5. The molecule has 396 valence electrons. The Morgan fingerprint density at radius 1 is 0.652 bits per heavy atom. The number of halogens is 3. The fraction of sp³-hybridized carbons (Fsp3) is 0.709. The molecule has 2 aliphatic rings. The second-order valence-corrected chi connectivity index (χ2v) is 22.3. The molecule has 2 saturated carbocycles. The van der Waals surface area contributed by atoms with Crippen LogP contribution in [0, 0.1) is 47.3 Å². The lowest BCUT2D eigenvalue weighted by Crippen LogP contribution is -2.44. The number of hydrogen-bond donors (Lipinski definition) is 4. The van der Waals surface area contributed by atoms with Gasteiger partial charge in [0.1, 0.15) is 11.2 Å². The van der Waals surface area contributed by atoms with Crippen LogP contribution >= 0.6 is 34.8 Å². The lowest BCUT2D eigenvalue weighted by molar-refractivity contribution is -0.129. The van der Waals surface area contributed by atoms with Gasteiger partial charge >= 0.3 is 12.2 Å². The summed E-state index contributed by atoms with van der Waals surface area (Å²) in [6, 6.07) is 18.7. The quantitative estimate of drug-likeness (QED) is 0.108. The highest BCUT2D eigenvalue weighted by Gasteiger charge is 2.36. The van der Waals surface area contributed by atoms with Gasteiger partial charge in [-0.25, -0.2) is 9.59 Å². The van der Waals surface area contributed by atoms with E-state index in [1.54, 1.807) is 0 Å². The summed E-state index contributed by atoms with van der Waals surface area (Å²) in [4.78, 5) is 50.6. The van der Waals surface area contributed by atoms with Crippen LogP contribution in [0.4, 0.5) is 9.59 Å². The van der Waals surface area contributed by atoms with E-state index in [0.29, 0.717) is 48.6 Å². The van der Waals surface area contributed by atoms with Gasteiger partial charge in [-0.1, -0.05) is 136 Å². The Labute approximate surface area is 434 Å². The van der Waals surface area contributed by atoms with Crippen molar-refractivity contribution in [2.24, 2.45) is 53.1 Å². The lowest BCUT2D eigenvalue weighted by atomic mass is 9.70. The van der Waals surface area contributed by atoms with E-state index in [9.17, 15) is 19.2 Å². The van der Waals surface area contributed by atoms with E-state index in [4.69, 9.17) is 50.0 Å². The second-order valence-electron chi connectivity index (χ2n) is 21.1. The van der Waals surface area contributed by atoms with Gasteiger partial charge in [-0.2, -0.15) is 0 Å². The van der Waals surface area contributed by atoms with Crippen molar-refractivity contribution in [1.82, 2.24) is 20.9 Å². The smallest absolute Gasteiger partial charge is 0.408 e. The molecule has 0 aliphatic heterocycles. The fourth-order valence-electron chi connectivity index (χ4n) is 8.77. The number of amides is 3. The number of nitrogens with two attached hydrogens (primary N) is 1. The third-order valence-corrected chi connectivity index (χ3v) is 12.8. The summed E-state index contributed by atoms with van der Waals surface area (Å²) >= 11 is 15.1. The molecule has 0 heterocycles. The van der Waals surface area contributed by atoms with Gasteiger partial charge in [0, 0.05) is 24.9 Å². The van der Waals surface area contributed by atoms with E-state index in [1.165, 1.54) is 38.9 Å². The van der Waals surface area contributed by atoms with Gasteiger partial charge in [0.05, 0.1) is 17.4 Å². The summed E-state index contributed by atoms with van der Waals surface area (Å²) in [5.74, 6) is 3.50. The van der Waals surface area contributed by atoms with Gasteiger partial charge in [0.25, 0.3) is 0 Å². The van der Waals surface area contributed by atoms with Crippen LogP contribution in [0.3, 0.4) is 0 Å². The van der Waals surface area contributed by atoms with Crippen LogP contribution in [0.15, 0.2) is 60.7 Å². The molecule has 0 spiro atoms. The third kappa shape index (κ3) is 29.1. The zero-order chi connectivity index (χ0) is 52.9. The Bertz CT molecular complexity index is 1680. The van der Waals surface area contributed by atoms with Gasteiger partial charge in [0.15, 0.2) is 0 Å². The summed E-state index contributed by atoms with van der Waals surface area (Å²) in [5, 5.41) is 8.86. The van der Waals surface area contributed by atoms with E-state index in [0.717, 1.165) is 30.4 Å². The van der Waals surface area contributed by atoms with Crippen LogP contribution in [0.1, 0.15) is 166 Å². The number of benzene rings is 2. The molecule has 0 saturated heterocycles. The normalized spacial score (nSPS) is 20.9. The maximum atomic E-state index is 13.1. The first-order valence-corrected chi connectivity index (χ1v) is 26.8. The molecule has 0 unspecified atom stereocenters. The van der Waals surface area contributed by atoms with Crippen molar-refractivity contribution in [2.45, 2.75) is 166 Å². The predicted molar refractivity (Wildman–Crippen MR) is 290 cm³/mol. The molecule has 2 aliphatic carbocycles. The van der Waals surface area contributed by atoms with Crippen LogP contribution in [0.5, 0.6) is 0 Å². The first-order valence-electron chi connectivity index (χ1n) is 25.4. The number of carbonyl (C=O) groups is 4. The number of hydrogen-bond acceptors (Lipinski definition) is 8. The molecule has 0 radical (unpaired) electrons. The minimum atomic E-state index is -0.572. The minimum Gasteiger partial charge on any atom is -0.444 e. The maximum Gasteiger partial charge on any atom is 0.408 e. The summed E-state index contributed by atoms with van der Waals surface area (Å²) in [7, 11) is 0. The molecule has 0 bridgehead atoms. The fourth-order valence-corrected chi connectivity index (χ4v) is 9.02. The number of rotatable bonds is 14. The average molecular weight is 1030 g/mol. The molecule has 8 atom stereocenters. The Kier molecular flexibility index (Phi) is 33.5. The second kappa shape index (κ2) is 35.1. The molecule has 3 amide bonds. The molecular formula is C55H94Cl3N5O6. The van der Waals surface area contributed by atoms with Crippen molar-refractivity contribution >= 4 is 58.1 Å². The summed E-state index contributed by atoms with van der Waals surface area (Å²) < 4.78 is 10.6. The highest BCUT2D eigenvalue weighted by molar-refractivity contribution is 6.64. The Morgan fingerprint density at radius 2 is 1.01 bits per heavy atom. The molecular weight excluding hydrogens is 933 g/mol. The molecule has 4 rings (SSSR count). The van der Waals surface area contributed by atoms with E-state index in [2.05, 4.69) is 83.2 Å². The van der Waals surface area contributed by atoms with Crippen molar-refractivity contribution in [3.05, 3.63) is 71.8 Å². The first-order chi connectivity index (χ1) is 32.3. The van der Waals surface area contributed by atoms with Crippen LogP contribution in [0.25, 0.3) is 0 Å². The van der Waals surface area contributed by atoms with Crippen molar-refractivity contribution in [1.29, 1.82) is 0 Å². The van der Waals surface area contributed by atoms with Gasteiger partial charge in [-0.05, 0) is 145 Å². The molecule has 14 heteroatoms. The molecule has 0 aromatic heterocycles. The van der Waals surface area contributed by atoms with E-state index >= 15 is 0 Å². The highest BCUT2D eigenvalue weighted by Crippen LogP contribution is 2.39. The molecule has 69 heavy (non-hydrogen) atoms. The van der Waals surface area contributed by atoms with Gasteiger partial charge in [0.2, 0.25) is 11.1 Å². The summed E-state index contributed by atoms with van der Waals surface area (Å²) in [6.45, 7) is 35.0. The Balaban J connectivity index is 0.000000977. The topological polar surface area (TPSA) is 152 Å². The van der Waals surface area contributed by atoms with Crippen molar-refractivity contribution < 1.29 is 28.7 Å². The van der Waals surface area contributed by atoms with Crippen LogP contribution in [-0.4, -0.2) is 77.5 Å². The van der Waals surface area contributed by atoms with E-state index in [1.807, 2.05) is 102 Å². The monoisotopic (exact) mass is 1030 g/mol. The van der Waals surface area contributed by atoms with Crippen LogP contribution in [0.2, 0.25) is 0 Å². The SMILES string of the molecule is CC(C)(C)OC(=O)N[C@@H](CN)c1ccccc1.CC(C)[C@@H]1CC[C@@H](C)C[C@H]1C(=O)Cl.CC(C)[C@@H]1CC[C@@H](C)C[C@H]1C(=O)NC[C@H](NC(=O)OC(C)(C)C)c1ccccc1.CCN(CC)CC.ClCCl. The van der Waals surface area contributed by atoms with E-state index in [-0.39, 0.29) is 40.4 Å². The number of alkyl carbamates (subject to hydrolysis) is 2. The molecule has 11 nitrogen and oxygen atoms in total. The van der Waals surface area contributed by atoms with Gasteiger partial charge < -0.3 is 36.1 Å². The lowest BCUT2D eigenvalue weighted by Gasteiger charge is -2.36. The predicted octanol–water partition coefficient (Wildman–Crippen LogP) is 13.5. The molecule has 2 fully saturated rings. The number of alkyl halides is 2. The van der Waals surface area contributed by atoms with Crippen molar-refractivity contribution in [3.8, 4) is 0 Å². The summed E-state index contributed by atoms with van der Waals surface area (Å²) in [5.41, 5.74) is 6.49. The minimum absolute atomic E-state index is 0.0386. The van der Waals surface area contributed by atoms with Crippen LogP contribution < -0.4 is 21.7 Å². The number of nitrogens with zero attached hydrogens (tertiary/aromatic N) is 1. The number of nitrogens with one attached hydrogen (secondary N) is 3. The first kappa shape index (κ1) is 65.9. The molecule has 2 aromatic rings. The standard InChI is InChI=1S/C24H38N2O3.C13H20N2O2.C11H19ClO.C6H15N.CH2Cl2/c1-16(2)19-13-12-17(3)14-20(19)22(27)25-15-21(18-10-8-7-9-11-18)26-23(28)29-24(4,5)6;1-13(2,3)17-12(16)15-11(9-14)10-7-5-4-6-8-10;1-7(2)9-5-4-8(3)6-10(9)11(12)13;1-4-7(5-2)6-3;2-1-3/h7-11,16-17,19-21H,12-15H2,1-6H3,(H,25,27)(H,26,28);4-8,11H,9,14H2,1-3H3,(H,15,16);7-10H,4-6H2,1-3H3;4-6H2,1-3H3;1H2/t17-,19+,20-,21+;11-;8-,9+,10-;;/m101../s1. The molecule has 5 N–H and O–H groups in total. The maximum absolute atomic E-state index is 13.1. The zero-order valence-electron chi connectivity index (χ0n) is 45.1. The number of ether oxygens (including phenoxy) is 2. The largest absolute Gasteiger partial charge is 0.444 e. The summed E-state index contributed by atoms with van der Waals surface area (Å²) in [6.07, 6.45) is 5.72. The van der Waals surface area contributed by atoms with E-state index < -0.39 is 23.4 Å². The average Bonchev–Trinajstić information content (AvgIpc) is 3.27. The molecule has 2 aromatic carbocycles. The zero-order valence-corrected chi connectivity index (χ0v) is 47.4. The number of carbonyl (C=O) groups excluding carboxylic acids is 4. The van der Waals surface area contributed by atoms with Crippen molar-refractivity contribution in [2.75, 3.05) is 38.1 Å². The van der Waals surface area contributed by atoms with Gasteiger partial charge in [-0.3, -0.25) is 9.59 Å².